The smallest absolute Gasteiger partial charge is 0.148 e. The number of nitrogens with one attached hydrogen (secondary N) is 1. The monoisotopic (exact) mass is 262 g/mol. The van der Waals surface area contributed by atoms with E-state index in [1.807, 2.05) is 6.07 Å². The number of anilines is 3. The highest BCUT2D eigenvalue weighted by molar-refractivity contribution is 6.30. The zero-order chi connectivity index (χ0) is 13.1. The third kappa shape index (κ3) is 2.67. The molecule has 90 valence electrons. The largest absolute Gasteiger partial charge is 0.397 e. The molecular weight excluding hydrogens is 255 g/mol. The molecule has 1 heterocycles. The summed E-state index contributed by atoms with van der Waals surface area (Å²) in [5.41, 5.74) is 6.59. The predicted molar refractivity (Wildman–Crippen MR) is 68.1 cm³/mol. The van der Waals surface area contributed by atoms with Crippen LogP contribution in [0.1, 0.15) is 5.56 Å². The summed E-state index contributed by atoms with van der Waals surface area (Å²) in [6.07, 6.45) is 1.41. The Morgan fingerprint density at radius 3 is 2.78 bits per heavy atom. The van der Waals surface area contributed by atoms with Gasteiger partial charge in [0.25, 0.3) is 0 Å². The fourth-order valence-corrected chi connectivity index (χ4v) is 1.65. The van der Waals surface area contributed by atoms with E-state index in [0.717, 1.165) is 0 Å². The van der Waals surface area contributed by atoms with Gasteiger partial charge in [-0.25, -0.2) is 9.37 Å². The highest BCUT2D eigenvalue weighted by Crippen LogP contribution is 2.23. The number of hydrogen-bond acceptors (Lipinski definition) is 4. The third-order valence-corrected chi connectivity index (χ3v) is 2.37. The first-order valence-corrected chi connectivity index (χ1v) is 5.35. The molecule has 0 aliphatic heterocycles. The molecule has 0 saturated carbocycles. The minimum Gasteiger partial charge on any atom is -0.397 e. The molecule has 0 aliphatic rings. The lowest BCUT2D eigenvalue weighted by molar-refractivity contribution is 0.628. The van der Waals surface area contributed by atoms with Crippen molar-refractivity contribution >= 4 is 28.8 Å². The Hall–Kier alpha value is -2.32. The topological polar surface area (TPSA) is 74.7 Å². The van der Waals surface area contributed by atoms with Gasteiger partial charge in [-0.2, -0.15) is 5.26 Å². The van der Waals surface area contributed by atoms with Crippen molar-refractivity contribution in [3.05, 3.63) is 46.9 Å². The summed E-state index contributed by atoms with van der Waals surface area (Å²) < 4.78 is 13.1. The molecule has 1 aromatic carbocycles. The zero-order valence-corrected chi connectivity index (χ0v) is 9.87. The number of nitrogens with two attached hydrogens (primary N) is 1. The summed E-state index contributed by atoms with van der Waals surface area (Å²) in [6, 6.07) is 7.41. The van der Waals surface area contributed by atoms with Crippen molar-refractivity contribution < 1.29 is 4.39 Å². The quantitative estimate of drug-likeness (QED) is 0.872. The number of benzene rings is 1. The molecule has 1 aromatic heterocycles. The second-order valence-corrected chi connectivity index (χ2v) is 4.00. The van der Waals surface area contributed by atoms with Crippen LogP contribution in [0.25, 0.3) is 0 Å². The molecule has 0 bridgehead atoms. The van der Waals surface area contributed by atoms with Crippen LogP contribution in [0.15, 0.2) is 30.5 Å². The van der Waals surface area contributed by atoms with Gasteiger partial charge in [-0.1, -0.05) is 11.6 Å². The van der Waals surface area contributed by atoms with Gasteiger partial charge >= 0.3 is 0 Å². The SMILES string of the molecule is N#Cc1cc(N)cnc1Nc1cc(F)cc(Cl)c1. The molecule has 4 nitrogen and oxygen atoms in total. The third-order valence-electron chi connectivity index (χ3n) is 2.15. The van der Waals surface area contributed by atoms with Crippen LogP contribution >= 0.6 is 11.6 Å². The van der Waals surface area contributed by atoms with E-state index in [2.05, 4.69) is 10.3 Å². The first-order valence-electron chi connectivity index (χ1n) is 4.97. The number of pyridine rings is 1. The standard InChI is InChI=1S/C12H8ClFN4/c13-8-2-9(14)4-11(3-8)18-12-7(5-15)1-10(16)6-17-12/h1-4,6H,16H2,(H,17,18). The van der Waals surface area contributed by atoms with E-state index in [-0.39, 0.29) is 10.6 Å². The Morgan fingerprint density at radius 1 is 1.33 bits per heavy atom. The lowest BCUT2D eigenvalue weighted by Gasteiger charge is -2.08. The molecule has 0 fully saturated rings. The first-order chi connectivity index (χ1) is 8.58. The van der Waals surface area contributed by atoms with Crippen molar-refractivity contribution in [2.24, 2.45) is 0 Å². The van der Waals surface area contributed by atoms with E-state index in [0.29, 0.717) is 17.2 Å². The lowest BCUT2D eigenvalue weighted by Crippen LogP contribution is -1.99. The molecule has 0 spiro atoms. The molecule has 0 amide bonds. The molecule has 0 atom stereocenters. The van der Waals surface area contributed by atoms with Crippen molar-refractivity contribution in [3.8, 4) is 6.07 Å². The van der Waals surface area contributed by atoms with Gasteiger partial charge in [0, 0.05) is 10.7 Å². The summed E-state index contributed by atoms with van der Waals surface area (Å²) in [7, 11) is 0. The maximum Gasteiger partial charge on any atom is 0.148 e. The molecule has 0 saturated heterocycles. The first kappa shape index (κ1) is 12.1. The van der Waals surface area contributed by atoms with Crippen LogP contribution in [-0.2, 0) is 0 Å². The van der Waals surface area contributed by atoms with Crippen LogP contribution in [0.2, 0.25) is 5.02 Å². The van der Waals surface area contributed by atoms with Crippen LogP contribution < -0.4 is 11.1 Å². The molecule has 2 rings (SSSR count). The lowest BCUT2D eigenvalue weighted by atomic mass is 10.2. The van der Waals surface area contributed by atoms with Gasteiger partial charge in [-0.15, -0.1) is 0 Å². The summed E-state index contributed by atoms with van der Waals surface area (Å²) in [5.74, 6) is -0.174. The van der Waals surface area contributed by atoms with Gasteiger partial charge in [-0.3, -0.25) is 0 Å². The van der Waals surface area contributed by atoms with Crippen LogP contribution in [-0.4, -0.2) is 4.98 Å². The van der Waals surface area contributed by atoms with E-state index in [9.17, 15) is 4.39 Å². The maximum atomic E-state index is 13.1. The van der Waals surface area contributed by atoms with E-state index >= 15 is 0 Å². The van der Waals surface area contributed by atoms with Gasteiger partial charge in [-0.05, 0) is 24.3 Å². The molecule has 2 aromatic rings. The highest BCUT2D eigenvalue weighted by atomic mass is 35.5. The van der Waals surface area contributed by atoms with E-state index in [1.165, 1.54) is 30.5 Å². The molecule has 18 heavy (non-hydrogen) atoms. The normalized spacial score (nSPS) is 9.83. The number of rotatable bonds is 2. The summed E-state index contributed by atoms with van der Waals surface area (Å²) >= 11 is 5.73. The zero-order valence-electron chi connectivity index (χ0n) is 9.11. The van der Waals surface area contributed by atoms with Gasteiger partial charge in [0.1, 0.15) is 17.7 Å². The Bertz CT molecular complexity index is 616. The van der Waals surface area contributed by atoms with Crippen molar-refractivity contribution in [1.82, 2.24) is 4.98 Å². The fourth-order valence-electron chi connectivity index (χ4n) is 1.43. The van der Waals surface area contributed by atoms with Gasteiger partial charge < -0.3 is 11.1 Å². The Morgan fingerprint density at radius 2 is 2.11 bits per heavy atom. The van der Waals surface area contributed by atoms with Crippen LogP contribution in [0.4, 0.5) is 21.6 Å². The molecular formula is C12H8ClFN4. The average Bonchev–Trinajstić information content (AvgIpc) is 2.30. The van der Waals surface area contributed by atoms with Crippen LogP contribution in [0, 0.1) is 17.1 Å². The molecule has 0 unspecified atom stereocenters. The average molecular weight is 263 g/mol. The Balaban J connectivity index is 2.37. The summed E-state index contributed by atoms with van der Waals surface area (Å²) in [4.78, 5) is 3.98. The highest BCUT2D eigenvalue weighted by Gasteiger charge is 2.06. The molecule has 6 heteroatoms. The summed E-state index contributed by atoms with van der Waals surface area (Å²) in [6.45, 7) is 0. The van der Waals surface area contributed by atoms with Gasteiger partial charge in [0.05, 0.1) is 17.4 Å². The number of nitrogens with zero attached hydrogens (tertiary/aromatic N) is 2. The Labute approximate surface area is 108 Å². The molecule has 3 N–H and O–H groups in total. The number of nitriles is 1. The Kier molecular flexibility index (Phi) is 3.31. The second-order valence-electron chi connectivity index (χ2n) is 3.56. The van der Waals surface area contributed by atoms with Crippen LogP contribution in [0.3, 0.4) is 0 Å². The number of halogens is 2. The van der Waals surface area contributed by atoms with Crippen molar-refractivity contribution in [3.63, 3.8) is 0 Å². The van der Waals surface area contributed by atoms with Gasteiger partial charge in [0.15, 0.2) is 0 Å². The summed E-state index contributed by atoms with van der Waals surface area (Å²) in [5, 5.41) is 12.0. The van der Waals surface area contributed by atoms with Crippen molar-refractivity contribution in [2.45, 2.75) is 0 Å². The van der Waals surface area contributed by atoms with Gasteiger partial charge in [0.2, 0.25) is 0 Å². The second kappa shape index (κ2) is 4.90. The molecule has 0 aliphatic carbocycles. The number of aromatic nitrogens is 1. The van der Waals surface area contributed by atoms with E-state index < -0.39 is 5.82 Å². The van der Waals surface area contributed by atoms with E-state index in [4.69, 9.17) is 22.6 Å². The number of nitrogen functional groups attached to an aromatic ring is 1. The minimum atomic E-state index is -0.473. The van der Waals surface area contributed by atoms with Crippen molar-refractivity contribution in [1.29, 1.82) is 5.26 Å². The van der Waals surface area contributed by atoms with Crippen molar-refractivity contribution in [2.75, 3.05) is 11.1 Å². The minimum absolute atomic E-state index is 0.256. The van der Waals surface area contributed by atoms with E-state index in [1.54, 1.807) is 0 Å². The molecule has 0 radical (unpaired) electrons. The number of hydrogen-bond donors (Lipinski definition) is 2. The maximum absolute atomic E-state index is 13.1. The van der Waals surface area contributed by atoms with Crippen LogP contribution in [0.5, 0.6) is 0 Å². The predicted octanol–water partition coefficient (Wildman–Crippen LogP) is 3.07. The fraction of sp³-hybridized carbons (Fsp3) is 0.